The van der Waals surface area contributed by atoms with Gasteiger partial charge in [-0.3, -0.25) is 4.72 Å². The molecule has 6 heteroatoms. The predicted molar refractivity (Wildman–Crippen MR) is 98.4 cm³/mol. The van der Waals surface area contributed by atoms with E-state index in [-0.39, 0.29) is 4.90 Å². The Kier molecular flexibility index (Phi) is 4.74. The molecule has 0 fully saturated rings. The number of benzene rings is 3. The highest BCUT2D eigenvalue weighted by molar-refractivity contribution is 7.92. The van der Waals surface area contributed by atoms with E-state index in [0.29, 0.717) is 10.7 Å². The summed E-state index contributed by atoms with van der Waals surface area (Å²) in [5.41, 5.74) is 2.19. The summed E-state index contributed by atoms with van der Waals surface area (Å²) in [4.78, 5) is 0.228. The van der Waals surface area contributed by atoms with Crippen LogP contribution in [0.2, 0.25) is 5.02 Å². The van der Waals surface area contributed by atoms with Gasteiger partial charge in [0.1, 0.15) is 0 Å². The molecule has 0 heterocycles. The molecule has 4 nitrogen and oxygen atoms in total. The fourth-order valence-corrected chi connectivity index (χ4v) is 3.44. The van der Waals surface area contributed by atoms with Crippen molar-refractivity contribution in [3.8, 4) is 0 Å². The summed E-state index contributed by atoms with van der Waals surface area (Å²) in [7, 11) is -3.58. The van der Waals surface area contributed by atoms with Crippen molar-refractivity contribution in [3.63, 3.8) is 0 Å². The van der Waals surface area contributed by atoms with Crippen LogP contribution in [-0.4, -0.2) is 8.42 Å². The zero-order chi connectivity index (χ0) is 17.0. The largest absolute Gasteiger partial charge is 0.355 e. The monoisotopic (exact) mass is 358 g/mol. The minimum atomic E-state index is -3.58. The maximum absolute atomic E-state index is 12.3. The summed E-state index contributed by atoms with van der Waals surface area (Å²) < 4.78 is 27.1. The highest BCUT2D eigenvalue weighted by Crippen LogP contribution is 2.22. The molecule has 0 bridgehead atoms. The number of hydrogen-bond acceptors (Lipinski definition) is 3. The zero-order valence-corrected chi connectivity index (χ0v) is 14.2. The van der Waals surface area contributed by atoms with Crippen molar-refractivity contribution in [2.45, 2.75) is 4.90 Å². The van der Waals surface area contributed by atoms with Crippen molar-refractivity contribution < 1.29 is 8.42 Å². The number of rotatable bonds is 5. The lowest BCUT2D eigenvalue weighted by Gasteiger charge is -2.10. The molecule has 0 atom stereocenters. The van der Waals surface area contributed by atoms with Crippen LogP contribution in [-0.2, 0) is 10.0 Å². The van der Waals surface area contributed by atoms with E-state index >= 15 is 0 Å². The Morgan fingerprint density at radius 1 is 0.708 bits per heavy atom. The van der Waals surface area contributed by atoms with E-state index in [9.17, 15) is 8.42 Å². The molecule has 0 aromatic heterocycles. The van der Waals surface area contributed by atoms with Crippen molar-refractivity contribution in [2.75, 3.05) is 10.0 Å². The van der Waals surface area contributed by atoms with E-state index in [1.165, 1.54) is 0 Å². The highest BCUT2D eigenvalue weighted by Gasteiger charge is 2.13. The van der Waals surface area contributed by atoms with Gasteiger partial charge in [0.25, 0.3) is 10.0 Å². The van der Waals surface area contributed by atoms with Crippen LogP contribution in [0.3, 0.4) is 0 Å². The molecule has 24 heavy (non-hydrogen) atoms. The van der Waals surface area contributed by atoms with E-state index in [4.69, 9.17) is 11.6 Å². The highest BCUT2D eigenvalue weighted by atomic mass is 35.5. The van der Waals surface area contributed by atoms with Gasteiger partial charge in [0, 0.05) is 22.1 Å². The van der Waals surface area contributed by atoms with E-state index in [2.05, 4.69) is 10.0 Å². The number of sulfonamides is 1. The Balaban J connectivity index is 1.73. The van der Waals surface area contributed by atoms with Crippen LogP contribution in [0.25, 0.3) is 0 Å². The van der Waals surface area contributed by atoms with E-state index < -0.39 is 10.0 Å². The topological polar surface area (TPSA) is 58.2 Å². The lowest BCUT2D eigenvalue weighted by Crippen LogP contribution is -2.12. The van der Waals surface area contributed by atoms with Crippen LogP contribution in [0.1, 0.15) is 0 Å². The first-order valence-corrected chi connectivity index (χ1v) is 9.10. The Morgan fingerprint density at radius 2 is 1.38 bits per heavy atom. The average molecular weight is 359 g/mol. The Hall–Kier alpha value is -2.50. The average Bonchev–Trinajstić information content (AvgIpc) is 2.57. The van der Waals surface area contributed by atoms with E-state index in [0.717, 1.165) is 11.4 Å². The first-order chi connectivity index (χ1) is 11.5. The molecule has 122 valence electrons. The summed E-state index contributed by atoms with van der Waals surface area (Å²) in [5, 5.41) is 3.85. The molecule has 0 amide bonds. The minimum Gasteiger partial charge on any atom is -0.355 e. The van der Waals surface area contributed by atoms with Gasteiger partial charge in [-0.2, -0.15) is 0 Å². The number of nitrogens with one attached hydrogen (secondary N) is 2. The third-order valence-electron chi connectivity index (χ3n) is 3.30. The normalized spacial score (nSPS) is 11.0. The Morgan fingerprint density at radius 3 is 2.04 bits per heavy atom. The molecular formula is C18H15ClN2O2S. The van der Waals surface area contributed by atoms with Crippen LogP contribution in [0.5, 0.6) is 0 Å². The third-order valence-corrected chi connectivity index (χ3v) is 4.94. The van der Waals surface area contributed by atoms with Gasteiger partial charge < -0.3 is 5.32 Å². The summed E-state index contributed by atoms with van der Waals surface area (Å²) in [6.45, 7) is 0. The molecule has 0 spiro atoms. The van der Waals surface area contributed by atoms with Gasteiger partial charge in [0.05, 0.1) is 4.90 Å². The van der Waals surface area contributed by atoms with Gasteiger partial charge in [-0.25, -0.2) is 8.42 Å². The fourth-order valence-electron chi connectivity index (χ4n) is 2.17. The molecule has 0 unspecified atom stereocenters. The smallest absolute Gasteiger partial charge is 0.261 e. The summed E-state index contributed by atoms with van der Waals surface area (Å²) in [6, 6.07) is 22.6. The molecule has 0 radical (unpaired) electrons. The number of hydrogen-bond donors (Lipinski definition) is 2. The van der Waals surface area contributed by atoms with Gasteiger partial charge in [-0.05, 0) is 54.6 Å². The zero-order valence-electron chi connectivity index (χ0n) is 12.6. The number of halogens is 1. The molecule has 0 aliphatic rings. The standard InChI is InChI=1S/C18H15ClN2O2S/c19-14-5-4-6-17(13-14)20-15-9-11-16(12-10-15)21-24(22,23)18-7-2-1-3-8-18/h1-13,20-21H. The second kappa shape index (κ2) is 6.95. The lowest BCUT2D eigenvalue weighted by molar-refractivity contribution is 0.601. The fraction of sp³-hybridized carbons (Fsp3) is 0. The van der Waals surface area contributed by atoms with Crippen molar-refractivity contribution in [1.29, 1.82) is 0 Å². The predicted octanol–water partition coefficient (Wildman–Crippen LogP) is 4.88. The van der Waals surface area contributed by atoms with Crippen LogP contribution >= 0.6 is 11.6 Å². The maximum Gasteiger partial charge on any atom is 0.261 e. The molecule has 3 rings (SSSR count). The van der Waals surface area contributed by atoms with Gasteiger partial charge in [0.15, 0.2) is 0 Å². The second-order valence-electron chi connectivity index (χ2n) is 5.13. The first-order valence-electron chi connectivity index (χ1n) is 7.23. The summed E-state index contributed by atoms with van der Waals surface area (Å²) in [5.74, 6) is 0. The lowest BCUT2D eigenvalue weighted by atomic mass is 10.2. The Bertz CT molecular complexity index is 927. The summed E-state index contributed by atoms with van der Waals surface area (Å²) in [6.07, 6.45) is 0. The maximum atomic E-state index is 12.3. The van der Waals surface area contributed by atoms with Gasteiger partial charge in [-0.1, -0.05) is 35.9 Å². The van der Waals surface area contributed by atoms with Crippen LogP contribution < -0.4 is 10.0 Å². The molecule has 0 aliphatic carbocycles. The van der Waals surface area contributed by atoms with E-state index in [1.807, 2.05) is 18.2 Å². The van der Waals surface area contributed by atoms with Crippen LogP contribution in [0, 0.1) is 0 Å². The van der Waals surface area contributed by atoms with Gasteiger partial charge in [-0.15, -0.1) is 0 Å². The molecule has 3 aromatic carbocycles. The second-order valence-corrected chi connectivity index (χ2v) is 7.25. The van der Waals surface area contributed by atoms with Crippen LogP contribution in [0.15, 0.2) is 83.8 Å². The molecule has 0 aliphatic heterocycles. The molecule has 2 N–H and O–H groups in total. The van der Waals surface area contributed by atoms with E-state index in [1.54, 1.807) is 60.7 Å². The molecule has 0 saturated carbocycles. The van der Waals surface area contributed by atoms with Crippen molar-refractivity contribution >= 4 is 38.7 Å². The van der Waals surface area contributed by atoms with Crippen LogP contribution in [0.4, 0.5) is 17.1 Å². The first kappa shape index (κ1) is 16.4. The van der Waals surface area contributed by atoms with Crippen molar-refractivity contribution in [2.24, 2.45) is 0 Å². The molecular weight excluding hydrogens is 344 g/mol. The number of anilines is 3. The molecule has 3 aromatic rings. The van der Waals surface area contributed by atoms with Crippen molar-refractivity contribution in [3.05, 3.63) is 83.9 Å². The minimum absolute atomic E-state index is 0.228. The molecule has 0 saturated heterocycles. The SMILES string of the molecule is O=S(=O)(Nc1ccc(Nc2cccc(Cl)c2)cc1)c1ccccc1. The van der Waals surface area contributed by atoms with Gasteiger partial charge in [0.2, 0.25) is 0 Å². The quantitative estimate of drug-likeness (QED) is 0.683. The Labute approximate surface area is 146 Å². The summed E-state index contributed by atoms with van der Waals surface area (Å²) >= 11 is 5.95. The van der Waals surface area contributed by atoms with Crippen molar-refractivity contribution in [1.82, 2.24) is 0 Å². The van der Waals surface area contributed by atoms with Gasteiger partial charge >= 0.3 is 0 Å². The third kappa shape index (κ3) is 4.07.